The fraction of sp³-hybridized carbons (Fsp3) is 0.619. The quantitative estimate of drug-likeness (QED) is 0.580. The zero-order chi connectivity index (χ0) is 18.5. The molecule has 0 N–H and O–H groups in total. The molecule has 0 aromatic heterocycles. The lowest BCUT2D eigenvalue weighted by Gasteiger charge is -2.55. The molecule has 2 aliphatic carbocycles. The van der Waals surface area contributed by atoms with E-state index in [0.717, 1.165) is 25.3 Å². The fourth-order valence-electron chi connectivity index (χ4n) is 4.89. The Morgan fingerprint density at radius 2 is 2.19 bits per heavy atom. The molecule has 5 nitrogen and oxygen atoms in total. The molecule has 1 heterocycles. The smallest absolute Gasteiger partial charge is 0.261 e. The van der Waals surface area contributed by atoms with E-state index in [2.05, 4.69) is 33.8 Å². The van der Waals surface area contributed by atoms with Gasteiger partial charge in [-0.05, 0) is 66.7 Å². The first-order chi connectivity index (χ1) is 12.4. The second kappa shape index (κ2) is 6.28. The Kier molecular flexibility index (Phi) is 4.19. The van der Waals surface area contributed by atoms with Crippen molar-refractivity contribution >= 4 is 17.3 Å². The standard InChI is InChI=1S/C21H26N4O/c1-13-20-10-16-9-19(24-23-14(2)26)18(22-4)11-17(16)21(13,3)7-8-25(20)12-15-5-6-15/h9,11,13,15,20H,5-8,10,12H2,1-3H3/b24-23-/t13-,20?,21-/m0/s1. The molecule has 0 radical (unpaired) electrons. The van der Waals surface area contributed by atoms with Gasteiger partial charge in [0.05, 0.1) is 12.3 Å². The lowest BCUT2D eigenvalue weighted by molar-refractivity contribution is -0.116. The molecule has 136 valence electrons. The van der Waals surface area contributed by atoms with Crippen molar-refractivity contribution in [3.8, 4) is 0 Å². The highest BCUT2D eigenvalue weighted by molar-refractivity contribution is 5.75. The first kappa shape index (κ1) is 17.4. The van der Waals surface area contributed by atoms with Crippen molar-refractivity contribution < 1.29 is 4.79 Å². The minimum atomic E-state index is -0.341. The molecule has 5 heteroatoms. The third-order valence-electron chi connectivity index (χ3n) is 6.82. The minimum Gasteiger partial charge on any atom is -0.299 e. The van der Waals surface area contributed by atoms with Crippen LogP contribution in [0.2, 0.25) is 0 Å². The van der Waals surface area contributed by atoms with E-state index in [1.807, 2.05) is 12.1 Å². The molecular formula is C21H26N4O. The van der Waals surface area contributed by atoms with Crippen LogP contribution < -0.4 is 0 Å². The third-order valence-corrected chi connectivity index (χ3v) is 6.82. The number of nitrogens with zero attached hydrogens (tertiary/aromatic N) is 4. The maximum absolute atomic E-state index is 11.2. The van der Waals surface area contributed by atoms with Gasteiger partial charge in [-0.3, -0.25) is 9.69 Å². The maximum atomic E-state index is 11.2. The highest BCUT2D eigenvalue weighted by Gasteiger charge is 2.49. The fourth-order valence-corrected chi connectivity index (χ4v) is 4.89. The summed E-state index contributed by atoms with van der Waals surface area (Å²) in [5.74, 6) is 1.13. The first-order valence-corrected chi connectivity index (χ1v) is 9.63. The van der Waals surface area contributed by atoms with E-state index in [-0.39, 0.29) is 11.3 Å². The number of piperidine rings is 1. The van der Waals surface area contributed by atoms with Crippen molar-refractivity contribution in [1.82, 2.24) is 4.90 Å². The predicted octanol–water partition coefficient (Wildman–Crippen LogP) is 4.80. The summed E-state index contributed by atoms with van der Waals surface area (Å²) in [4.78, 5) is 17.5. The summed E-state index contributed by atoms with van der Waals surface area (Å²) in [6.45, 7) is 16.0. The molecule has 1 amide bonds. The van der Waals surface area contributed by atoms with Crippen molar-refractivity contribution in [2.75, 3.05) is 13.1 Å². The summed E-state index contributed by atoms with van der Waals surface area (Å²) in [6.07, 6.45) is 4.90. The van der Waals surface area contributed by atoms with Gasteiger partial charge in [-0.15, -0.1) is 5.11 Å². The van der Waals surface area contributed by atoms with Gasteiger partial charge in [-0.2, -0.15) is 5.11 Å². The molecule has 3 aliphatic rings. The van der Waals surface area contributed by atoms with Crippen molar-refractivity contribution in [1.29, 1.82) is 0 Å². The number of benzene rings is 1. The van der Waals surface area contributed by atoms with Crippen LogP contribution in [0.1, 0.15) is 51.2 Å². The zero-order valence-electron chi connectivity index (χ0n) is 15.8. The van der Waals surface area contributed by atoms with Crippen LogP contribution in [-0.2, 0) is 16.6 Å². The zero-order valence-corrected chi connectivity index (χ0v) is 15.8. The minimum absolute atomic E-state index is 0.105. The van der Waals surface area contributed by atoms with Crippen molar-refractivity contribution in [3.05, 3.63) is 34.7 Å². The van der Waals surface area contributed by atoms with Gasteiger partial charge >= 0.3 is 0 Å². The van der Waals surface area contributed by atoms with Crippen LogP contribution in [-0.4, -0.2) is 29.9 Å². The number of likely N-dealkylation sites (tertiary alicyclic amines) is 1. The second-order valence-corrected chi connectivity index (χ2v) is 8.49. The van der Waals surface area contributed by atoms with E-state index in [0.29, 0.717) is 23.3 Å². The van der Waals surface area contributed by atoms with Crippen molar-refractivity contribution in [3.63, 3.8) is 0 Å². The third kappa shape index (κ3) is 2.87. The number of fused-ring (bicyclic) bond motifs is 4. The van der Waals surface area contributed by atoms with Crippen LogP contribution in [0.4, 0.5) is 11.4 Å². The van der Waals surface area contributed by atoms with Gasteiger partial charge in [0.1, 0.15) is 0 Å². The van der Waals surface area contributed by atoms with E-state index >= 15 is 0 Å². The molecule has 26 heavy (non-hydrogen) atoms. The summed E-state index contributed by atoms with van der Waals surface area (Å²) >= 11 is 0. The van der Waals surface area contributed by atoms with Gasteiger partial charge in [0.25, 0.3) is 5.91 Å². The topological polar surface area (TPSA) is 49.4 Å². The highest BCUT2D eigenvalue weighted by Crippen LogP contribution is 2.51. The number of azo groups is 1. The largest absolute Gasteiger partial charge is 0.299 e. The Bertz CT molecular complexity index is 820. The number of hydrogen-bond acceptors (Lipinski definition) is 3. The molecule has 1 saturated heterocycles. The van der Waals surface area contributed by atoms with Crippen LogP contribution in [0, 0.1) is 18.4 Å². The van der Waals surface area contributed by atoms with Gasteiger partial charge in [0.2, 0.25) is 5.69 Å². The molecular weight excluding hydrogens is 324 g/mol. The maximum Gasteiger partial charge on any atom is 0.261 e. The number of carbonyl (C=O) groups excluding carboxylic acids is 1. The van der Waals surface area contributed by atoms with Gasteiger partial charge in [0.15, 0.2) is 0 Å². The van der Waals surface area contributed by atoms with Crippen molar-refractivity contribution in [2.45, 2.75) is 57.9 Å². The molecule has 1 aliphatic heterocycles. The highest BCUT2D eigenvalue weighted by atomic mass is 16.1. The summed E-state index contributed by atoms with van der Waals surface area (Å²) in [5.41, 5.74) is 3.72. The first-order valence-electron chi connectivity index (χ1n) is 9.63. The average molecular weight is 350 g/mol. The summed E-state index contributed by atoms with van der Waals surface area (Å²) in [7, 11) is 0. The molecule has 1 unspecified atom stereocenters. The molecule has 2 fully saturated rings. The van der Waals surface area contributed by atoms with Crippen LogP contribution in [0.15, 0.2) is 22.4 Å². The van der Waals surface area contributed by atoms with Gasteiger partial charge < -0.3 is 0 Å². The predicted molar refractivity (Wildman–Crippen MR) is 101 cm³/mol. The van der Waals surface area contributed by atoms with Crippen LogP contribution >= 0.6 is 0 Å². The van der Waals surface area contributed by atoms with Crippen LogP contribution in [0.3, 0.4) is 0 Å². The number of hydrogen-bond donors (Lipinski definition) is 0. The van der Waals surface area contributed by atoms with Crippen LogP contribution in [0.25, 0.3) is 4.85 Å². The number of amides is 1. The molecule has 1 aromatic rings. The van der Waals surface area contributed by atoms with Crippen LogP contribution in [0.5, 0.6) is 0 Å². The molecule has 2 bridgehead atoms. The summed E-state index contributed by atoms with van der Waals surface area (Å²) in [6, 6.07) is 4.57. The summed E-state index contributed by atoms with van der Waals surface area (Å²) in [5, 5.41) is 7.70. The Labute approximate surface area is 155 Å². The van der Waals surface area contributed by atoms with Gasteiger partial charge in [-0.1, -0.05) is 19.9 Å². The summed E-state index contributed by atoms with van der Waals surface area (Å²) < 4.78 is 0. The molecule has 1 saturated carbocycles. The van der Waals surface area contributed by atoms with E-state index in [9.17, 15) is 4.79 Å². The lowest BCUT2D eigenvalue weighted by atomic mass is 9.59. The van der Waals surface area contributed by atoms with Crippen molar-refractivity contribution in [2.24, 2.45) is 22.1 Å². The number of rotatable bonds is 3. The Hall–Kier alpha value is -2.06. The van der Waals surface area contributed by atoms with Gasteiger partial charge in [-0.25, -0.2) is 4.85 Å². The molecule has 1 aromatic carbocycles. The van der Waals surface area contributed by atoms with Gasteiger partial charge in [0, 0.05) is 19.5 Å². The van der Waals surface area contributed by atoms with E-state index in [1.54, 1.807) is 0 Å². The monoisotopic (exact) mass is 350 g/mol. The average Bonchev–Trinajstić information content (AvgIpc) is 3.42. The Morgan fingerprint density at radius 1 is 1.42 bits per heavy atom. The number of carbonyl (C=O) groups is 1. The Morgan fingerprint density at radius 3 is 2.85 bits per heavy atom. The van der Waals surface area contributed by atoms with E-state index in [1.165, 1.54) is 37.4 Å². The normalized spacial score (nSPS) is 30.8. The molecule has 0 spiro atoms. The molecule has 4 rings (SSSR count). The second-order valence-electron chi connectivity index (χ2n) is 8.49. The Balaban J connectivity index is 1.74. The SMILES string of the molecule is [C-]#[N+]c1cc2c(cc1/N=N\C(C)=O)CC1[C@H](C)[C@]2(C)CCN1CC1CC1. The van der Waals surface area contributed by atoms with E-state index in [4.69, 9.17) is 6.57 Å². The molecule has 3 atom stereocenters. The van der Waals surface area contributed by atoms with E-state index < -0.39 is 0 Å². The lowest BCUT2D eigenvalue weighted by Crippen LogP contribution is -2.58.